The van der Waals surface area contributed by atoms with E-state index in [9.17, 15) is 4.79 Å². The minimum Gasteiger partial charge on any atom is -0.384 e. The van der Waals surface area contributed by atoms with Crippen LogP contribution < -0.4 is 5.73 Å². The Balaban J connectivity index is 1.72. The average Bonchev–Trinajstić information content (AvgIpc) is 3.03. The molecule has 0 unspecified atom stereocenters. The highest BCUT2D eigenvalue weighted by atomic mass is 16.5. The van der Waals surface area contributed by atoms with E-state index in [1.54, 1.807) is 13.1 Å². The molecule has 0 aliphatic carbocycles. The third-order valence-corrected chi connectivity index (χ3v) is 3.25. The van der Waals surface area contributed by atoms with Gasteiger partial charge in [0.1, 0.15) is 5.82 Å². The van der Waals surface area contributed by atoms with Gasteiger partial charge in [0.2, 0.25) is 11.7 Å². The number of amides is 1. The summed E-state index contributed by atoms with van der Waals surface area (Å²) in [5.41, 5.74) is 6.91. The smallest absolute Gasteiger partial charge is 0.254 e. The molecule has 0 saturated carbocycles. The van der Waals surface area contributed by atoms with Gasteiger partial charge in [-0.05, 0) is 12.1 Å². The average molecular weight is 309 g/mol. The van der Waals surface area contributed by atoms with Crippen molar-refractivity contribution in [1.29, 1.82) is 0 Å². The summed E-state index contributed by atoms with van der Waals surface area (Å²) < 4.78 is 5.21. The Morgan fingerprint density at radius 2 is 2.04 bits per heavy atom. The van der Waals surface area contributed by atoms with E-state index in [1.807, 2.05) is 30.3 Å². The topological polar surface area (TPSA) is 98.1 Å². The fourth-order valence-electron chi connectivity index (χ4n) is 2.10. The SMILES string of the molecule is CN(Cc1nc(-c2ccccc2)no1)C(=O)c1ccnc(N)c1. The summed E-state index contributed by atoms with van der Waals surface area (Å²) in [6, 6.07) is 12.6. The number of hydrogen-bond donors (Lipinski definition) is 1. The number of hydrogen-bond acceptors (Lipinski definition) is 6. The molecule has 1 aromatic carbocycles. The van der Waals surface area contributed by atoms with Crippen LogP contribution in [0.4, 0.5) is 5.82 Å². The van der Waals surface area contributed by atoms with Gasteiger partial charge in [0.15, 0.2) is 0 Å². The van der Waals surface area contributed by atoms with Gasteiger partial charge in [0, 0.05) is 24.4 Å². The Bertz CT molecular complexity index is 816. The van der Waals surface area contributed by atoms with Crippen molar-refractivity contribution in [2.75, 3.05) is 12.8 Å². The number of aromatic nitrogens is 3. The standard InChI is InChI=1S/C16H15N5O2/c1-21(16(22)12-7-8-18-13(17)9-12)10-14-19-15(20-23-14)11-5-3-2-4-6-11/h2-9H,10H2,1H3,(H2,17,18). The number of rotatable bonds is 4. The minimum absolute atomic E-state index is 0.196. The third kappa shape index (κ3) is 3.34. The van der Waals surface area contributed by atoms with Gasteiger partial charge in [0.05, 0.1) is 6.54 Å². The molecule has 2 heterocycles. The number of anilines is 1. The zero-order chi connectivity index (χ0) is 16.2. The lowest BCUT2D eigenvalue weighted by atomic mass is 10.2. The summed E-state index contributed by atoms with van der Waals surface area (Å²) in [5.74, 6) is 0.961. The van der Waals surface area contributed by atoms with Crippen LogP contribution in [0.15, 0.2) is 53.2 Å². The number of benzene rings is 1. The first-order valence-corrected chi connectivity index (χ1v) is 6.98. The fraction of sp³-hybridized carbons (Fsp3) is 0.125. The lowest BCUT2D eigenvalue weighted by molar-refractivity contribution is 0.0769. The van der Waals surface area contributed by atoms with E-state index in [0.29, 0.717) is 23.1 Å². The lowest BCUT2D eigenvalue weighted by Crippen LogP contribution is -2.26. The van der Waals surface area contributed by atoms with Gasteiger partial charge < -0.3 is 15.2 Å². The van der Waals surface area contributed by atoms with Crippen molar-refractivity contribution in [2.45, 2.75) is 6.54 Å². The first kappa shape index (κ1) is 14.7. The van der Waals surface area contributed by atoms with Crippen LogP contribution >= 0.6 is 0 Å². The molecule has 7 nitrogen and oxygen atoms in total. The molecule has 2 aromatic heterocycles. The van der Waals surface area contributed by atoms with E-state index < -0.39 is 0 Å². The van der Waals surface area contributed by atoms with Gasteiger partial charge in [-0.1, -0.05) is 35.5 Å². The van der Waals surface area contributed by atoms with E-state index in [-0.39, 0.29) is 12.5 Å². The number of nitrogens with two attached hydrogens (primary N) is 1. The van der Waals surface area contributed by atoms with Crippen molar-refractivity contribution in [3.05, 3.63) is 60.1 Å². The highest BCUT2D eigenvalue weighted by Gasteiger charge is 2.16. The summed E-state index contributed by atoms with van der Waals surface area (Å²) >= 11 is 0. The lowest BCUT2D eigenvalue weighted by Gasteiger charge is -2.14. The van der Waals surface area contributed by atoms with Crippen LogP contribution in [0.3, 0.4) is 0 Å². The number of carbonyl (C=O) groups excluding carboxylic acids is 1. The third-order valence-electron chi connectivity index (χ3n) is 3.25. The quantitative estimate of drug-likeness (QED) is 0.791. The number of pyridine rings is 1. The van der Waals surface area contributed by atoms with Crippen LogP contribution in [0.1, 0.15) is 16.2 Å². The summed E-state index contributed by atoms with van der Waals surface area (Å²) in [6.07, 6.45) is 1.50. The molecule has 0 radical (unpaired) electrons. The van der Waals surface area contributed by atoms with Gasteiger partial charge in [-0.3, -0.25) is 4.79 Å². The van der Waals surface area contributed by atoms with Crippen molar-refractivity contribution < 1.29 is 9.32 Å². The second-order valence-electron chi connectivity index (χ2n) is 5.01. The molecule has 0 fully saturated rings. The maximum absolute atomic E-state index is 12.3. The van der Waals surface area contributed by atoms with Gasteiger partial charge in [-0.15, -0.1) is 0 Å². The summed E-state index contributed by atoms with van der Waals surface area (Å²) in [6.45, 7) is 0.209. The molecule has 116 valence electrons. The first-order chi connectivity index (χ1) is 11.1. The van der Waals surface area contributed by atoms with Crippen LogP contribution in [-0.4, -0.2) is 33.0 Å². The molecule has 0 saturated heterocycles. The van der Waals surface area contributed by atoms with Gasteiger partial charge >= 0.3 is 0 Å². The molecule has 1 amide bonds. The molecule has 0 aliphatic heterocycles. The van der Waals surface area contributed by atoms with E-state index in [4.69, 9.17) is 10.3 Å². The molecular formula is C16H15N5O2. The summed E-state index contributed by atoms with van der Waals surface area (Å²) in [7, 11) is 1.66. The predicted octanol–water partition coefficient (Wildman–Crippen LogP) is 1.99. The van der Waals surface area contributed by atoms with Crippen LogP contribution in [0.2, 0.25) is 0 Å². The zero-order valence-electron chi connectivity index (χ0n) is 12.5. The second-order valence-corrected chi connectivity index (χ2v) is 5.01. The van der Waals surface area contributed by atoms with E-state index in [2.05, 4.69) is 15.1 Å². The van der Waals surface area contributed by atoms with Crippen LogP contribution in [0.5, 0.6) is 0 Å². The molecule has 3 rings (SSSR count). The Hall–Kier alpha value is -3.22. The van der Waals surface area contributed by atoms with Crippen molar-refractivity contribution in [3.63, 3.8) is 0 Å². The number of nitrogens with zero attached hydrogens (tertiary/aromatic N) is 4. The molecule has 3 aromatic rings. The van der Waals surface area contributed by atoms with Crippen LogP contribution in [0, 0.1) is 0 Å². The molecule has 0 spiro atoms. The molecule has 2 N–H and O–H groups in total. The molecular weight excluding hydrogens is 294 g/mol. The van der Waals surface area contributed by atoms with Crippen molar-refractivity contribution in [3.8, 4) is 11.4 Å². The maximum atomic E-state index is 12.3. The van der Waals surface area contributed by atoms with E-state index >= 15 is 0 Å². The second kappa shape index (κ2) is 6.27. The Morgan fingerprint density at radius 3 is 2.78 bits per heavy atom. The van der Waals surface area contributed by atoms with Gasteiger partial charge in [0.25, 0.3) is 5.91 Å². The Labute approximate surface area is 132 Å². The van der Waals surface area contributed by atoms with Crippen molar-refractivity contribution in [2.24, 2.45) is 0 Å². The highest BCUT2D eigenvalue weighted by molar-refractivity contribution is 5.94. The van der Waals surface area contributed by atoms with Crippen molar-refractivity contribution >= 4 is 11.7 Å². The molecule has 0 bridgehead atoms. The number of nitrogen functional groups attached to an aromatic ring is 1. The van der Waals surface area contributed by atoms with Crippen molar-refractivity contribution in [1.82, 2.24) is 20.0 Å². The highest BCUT2D eigenvalue weighted by Crippen LogP contribution is 2.16. The van der Waals surface area contributed by atoms with E-state index in [0.717, 1.165) is 5.56 Å². The van der Waals surface area contributed by atoms with E-state index in [1.165, 1.54) is 17.2 Å². The first-order valence-electron chi connectivity index (χ1n) is 6.98. The molecule has 23 heavy (non-hydrogen) atoms. The Morgan fingerprint density at radius 1 is 1.26 bits per heavy atom. The monoisotopic (exact) mass is 309 g/mol. The minimum atomic E-state index is -0.196. The van der Waals surface area contributed by atoms with Gasteiger partial charge in [-0.2, -0.15) is 4.98 Å². The fourth-order valence-corrected chi connectivity index (χ4v) is 2.10. The summed E-state index contributed by atoms with van der Waals surface area (Å²) in [5, 5.41) is 3.93. The Kier molecular flexibility index (Phi) is 4.01. The molecule has 0 aliphatic rings. The van der Waals surface area contributed by atoms with Gasteiger partial charge in [-0.25, -0.2) is 4.98 Å². The zero-order valence-corrected chi connectivity index (χ0v) is 12.5. The summed E-state index contributed by atoms with van der Waals surface area (Å²) in [4.78, 5) is 22.0. The van der Waals surface area contributed by atoms with Crippen LogP contribution in [0.25, 0.3) is 11.4 Å². The molecule has 7 heteroatoms. The maximum Gasteiger partial charge on any atom is 0.254 e. The largest absolute Gasteiger partial charge is 0.384 e. The normalized spacial score (nSPS) is 10.5. The number of carbonyl (C=O) groups is 1. The predicted molar refractivity (Wildman–Crippen MR) is 84.2 cm³/mol. The molecule has 0 atom stereocenters. The van der Waals surface area contributed by atoms with Crippen LogP contribution in [-0.2, 0) is 6.54 Å².